The highest BCUT2D eigenvalue weighted by Crippen LogP contribution is 2.08. The molecular formula is C17H33N3O3. The van der Waals surface area contributed by atoms with Crippen molar-refractivity contribution in [3.05, 3.63) is 12.3 Å². The van der Waals surface area contributed by atoms with Crippen LogP contribution in [0.15, 0.2) is 12.3 Å². The van der Waals surface area contributed by atoms with E-state index < -0.39 is 11.7 Å². The van der Waals surface area contributed by atoms with Crippen molar-refractivity contribution in [3.8, 4) is 0 Å². The number of hydrogen-bond acceptors (Lipinski definition) is 4. The fraction of sp³-hybridized carbons (Fsp3) is 0.765. The summed E-state index contributed by atoms with van der Waals surface area (Å²) in [7, 11) is 0. The summed E-state index contributed by atoms with van der Waals surface area (Å²) in [6, 6.07) is -0.0828. The minimum absolute atomic E-state index is 0.0682. The minimum Gasteiger partial charge on any atom is -0.444 e. The van der Waals surface area contributed by atoms with E-state index in [1.807, 2.05) is 20.8 Å². The van der Waals surface area contributed by atoms with Crippen molar-refractivity contribution in [2.45, 2.75) is 71.9 Å². The molecule has 0 bridgehead atoms. The zero-order valence-electron chi connectivity index (χ0n) is 15.3. The minimum atomic E-state index is -0.483. The number of carbonyl (C=O) groups excluding carboxylic acids is 2. The van der Waals surface area contributed by atoms with Gasteiger partial charge in [0.05, 0.1) is 6.04 Å². The van der Waals surface area contributed by atoms with Crippen LogP contribution >= 0.6 is 0 Å². The summed E-state index contributed by atoms with van der Waals surface area (Å²) in [6.07, 6.45) is 3.07. The summed E-state index contributed by atoms with van der Waals surface area (Å²) in [6.45, 7) is 14.5. The third kappa shape index (κ3) is 12.5. The van der Waals surface area contributed by atoms with Crippen molar-refractivity contribution in [3.63, 3.8) is 0 Å². The standard InChI is InChI=1S/C17H33N3O3/c1-7-11-18-13(2)15(20-14(3)21)10-8-9-12-19-16(22)23-17(4,5)6/h15,18H,2,7-12H2,1,3-6H3,(H,19,22)(H,20,21)/t15-/m0/s1. The van der Waals surface area contributed by atoms with Gasteiger partial charge in [-0.3, -0.25) is 4.79 Å². The Morgan fingerprint density at radius 2 is 1.78 bits per heavy atom. The van der Waals surface area contributed by atoms with Crippen LogP contribution < -0.4 is 16.0 Å². The largest absolute Gasteiger partial charge is 0.444 e. The molecule has 0 rings (SSSR count). The number of ether oxygens (including phenoxy) is 1. The van der Waals surface area contributed by atoms with Crippen LogP contribution in [0.3, 0.4) is 0 Å². The lowest BCUT2D eigenvalue weighted by Gasteiger charge is -2.22. The van der Waals surface area contributed by atoms with Gasteiger partial charge in [0.2, 0.25) is 5.91 Å². The van der Waals surface area contributed by atoms with E-state index in [1.54, 1.807) is 0 Å². The highest BCUT2D eigenvalue weighted by atomic mass is 16.6. The number of nitrogens with one attached hydrogen (secondary N) is 3. The molecule has 0 saturated carbocycles. The van der Waals surface area contributed by atoms with Crippen LogP contribution in [0.1, 0.15) is 60.3 Å². The lowest BCUT2D eigenvalue weighted by Crippen LogP contribution is -2.39. The van der Waals surface area contributed by atoms with Crippen LogP contribution in [0.25, 0.3) is 0 Å². The normalized spacial score (nSPS) is 12.2. The van der Waals surface area contributed by atoms with Gasteiger partial charge in [-0.15, -0.1) is 0 Å². The van der Waals surface area contributed by atoms with Gasteiger partial charge in [0, 0.05) is 25.7 Å². The second-order valence-corrected chi connectivity index (χ2v) is 6.63. The smallest absolute Gasteiger partial charge is 0.407 e. The maximum atomic E-state index is 11.5. The average molecular weight is 327 g/mol. The predicted molar refractivity (Wildman–Crippen MR) is 93.1 cm³/mol. The Morgan fingerprint density at radius 3 is 2.30 bits per heavy atom. The maximum Gasteiger partial charge on any atom is 0.407 e. The van der Waals surface area contributed by atoms with Crippen LogP contribution in [0, 0.1) is 0 Å². The van der Waals surface area contributed by atoms with Gasteiger partial charge in [-0.2, -0.15) is 0 Å². The Balaban J connectivity index is 4.05. The molecule has 0 saturated heterocycles. The summed E-state index contributed by atoms with van der Waals surface area (Å²) in [5, 5.41) is 8.86. The number of hydrogen-bond donors (Lipinski definition) is 3. The molecule has 3 N–H and O–H groups in total. The van der Waals surface area contributed by atoms with Crippen molar-refractivity contribution < 1.29 is 14.3 Å². The molecule has 0 aliphatic heterocycles. The molecule has 0 aromatic carbocycles. The molecule has 134 valence electrons. The van der Waals surface area contributed by atoms with E-state index in [2.05, 4.69) is 29.5 Å². The Kier molecular flexibility index (Phi) is 10.1. The summed E-state index contributed by atoms with van der Waals surface area (Å²) < 4.78 is 5.17. The van der Waals surface area contributed by atoms with Crippen LogP contribution in [-0.4, -0.2) is 36.7 Å². The third-order valence-electron chi connectivity index (χ3n) is 2.99. The van der Waals surface area contributed by atoms with Gasteiger partial charge in [-0.05, 0) is 46.5 Å². The quantitative estimate of drug-likeness (QED) is 0.539. The molecule has 0 aromatic heterocycles. The molecule has 23 heavy (non-hydrogen) atoms. The Labute approximate surface area is 140 Å². The molecule has 0 aromatic rings. The molecular weight excluding hydrogens is 294 g/mol. The SMILES string of the molecule is C=C(NCCC)[C@H](CCCCNC(=O)OC(C)(C)C)NC(C)=O. The molecule has 1 atom stereocenters. The molecule has 0 heterocycles. The van der Waals surface area contributed by atoms with E-state index in [0.717, 1.165) is 37.9 Å². The number of alkyl carbamates (subject to hydrolysis) is 1. The second kappa shape index (κ2) is 10.9. The fourth-order valence-electron chi connectivity index (χ4n) is 1.97. The van der Waals surface area contributed by atoms with Crippen LogP contribution in [0.2, 0.25) is 0 Å². The summed E-state index contributed by atoms with van der Waals surface area (Å²) >= 11 is 0. The van der Waals surface area contributed by atoms with Crippen molar-refractivity contribution in [1.29, 1.82) is 0 Å². The first-order valence-electron chi connectivity index (χ1n) is 8.32. The van der Waals surface area contributed by atoms with Gasteiger partial charge in [0.1, 0.15) is 5.60 Å². The molecule has 6 nitrogen and oxygen atoms in total. The highest BCUT2D eigenvalue weighted by molar-refractivity contribution is 5.73. The van der Waals surface area contributed by atoms with Gasteiger partial charge >= 0.3 is 6.09 Å². The zero-order chi connectivity index (χ0) is 17.9. The summed E-state index contributed by atoms with van der Waals surface area (Å²) in [5.74, 6) is -0.0682. The Hall–Kier alpha value is -1.72. The lowest BCUT2D eigenvalue weighted by molar-refractivity contribution is -0.119. The van der Waals surface area contributed by atoms with Gasteiger partial charge in [-0.1, -0.05) is 13.5 Å². The summed E-state index contributed by atoms with van der Waals surface area (Å²) in [5.41, 5.74) is 0.352. The lowest BCUT2D eigenvalue weighted by atomic mass is 10.1. The van der Waals surface area contributed by atoms with E-state index in [1.165, 1.54) is 6.92 Å². The van der Waals surface area contributed by atoms with E-state index in [9.17, 15) is 9.59 Å². The van der Waals surface area contributed by atoms with E-state index in [-0.39, 0.29) is 11.9 Å². The van der Waals surface area contributed by atoms with Crippen molar-refractivity contribution in [2.75, 3.05) is 13.1 Å². The average Bonchev–Trinajstić information content (AvgIpc) is 2.40. The first-order chi connectivity index (χ1) is 10.7. The maximum absolute atomic E-state index is 11.5. The first-order valence-corrected chi connectivity index (χ1v) is 8.32. The predicted octanol–water partition coefficient (Wildman–Crippen LogP) is 2.70. The molecule has 0 fully saturated rings. The van der Waals surface area contributed by atoms with Gasteiger partial charge in [0.25, 0.3) is 0 Å². The molecule has 6 heteroatoms. The third-order valence-corrected chi connectivity index (χ3v) is 2.99. The Bertz CT molecular complexity index is 389. The molecule has 0 unspecified atom stereocenters. The number of amides is 2. The van der Waals surface area contributed by atoms with Crippen molar-refractivity contribution in [1.82, 2.24) is 16.0 Å². The molecule has 0 aliphatic rings. The van der Waals surface area contributed by atoms with E-state index >= 15 is 0 Å². The van der Waals surface area contributed by atoms with Crippen LogP contribution in [-0.2, 0) is 9.53 Å². The van der Waals surface area contributed by atoms with Crippen LogP contribution in [0.4, 0.5) is 4.79 Å². The van der Waals surface area contributed by atoms with Crippen molar-refractivity contribution >= 4 is 12.0 Å². The topological polar surface area (TPSA) is 79.5 Å². The molecule has 0 radical (unpaired) electrons. The highest BCUT2D eigenvalue weighted by Gasteiger charge is 2.16. The zero-order valence-corrected chi connectivity index (χ0v) is 15.3. The second-order valence-electron chi connectivity index (χ2n) is 6.63. The first kappa shape index (κ1) is 21.3. The molecule has 2 amide bonds. The fourth-order valence-corrected chi connectivity index (χ4v) is 1.97. The van der Waals surface area contributed by atoms with Gasteiger partial charge in [-0.25, -0.2) is 4.79 Å². The van der Waals surface area contributed by atoms with Crippen LogP contribution in [0.5, 0.6) is 0 Å². The monoisotopic (exact) mass is 327 g/mol. The molecule has 0 aliphatic carbocycles. The number of carbonyl (C=O) groups is 2. The van der Waals surface area contributed by atoms with E-state index in [0.29, 0.717) is 6.54 Å². The van der Waals surface area contributed by atoms with E-state index in [4.69, 9.17) is 4.74 Å². The summed E-state index contributed by atoms with van der Waals surface area (Å²) in [4.78, 5) is 22.8. The Morgan fingerprint density at radius 1 is 1.13 bits per heavy atom. The molecule has 0 spiro atoms. The number of unbranched alkanes of at least 4 members (excludes halogenated alkanes) is 1. The van der Waals surface area contributed by atoms with Crippen molar-refractivity contribution in [2.24, 2.45) is 0 Å². The number of rotatable bonds is 10. The van der Waals surface area contributed by atoms with Gasteiger partial charge < -0.3 is 20.7 Å². The van der Waals surface area contributed by atoms with Gasteiger partial charge in [0.15, 0.2) is 0 Å².